The number of carbonyl (C=O) groups excluding carboxylic acids is 1. The molecule has 0 bridgehead atoms. The Morgan fingerprint density at radius 1 is 1.36 bits per heavy atom. The van der Waals surface area contributed by atoms with E-state index in [2.05, 4.69) is 6.92 Å². The third-order valence-electron chi connectivity index (χ3n) is 4.44. The van der Waals surface area contributed by atoms with Crippen LogP contribution in [0, 0.1) is 5.92 Å². The van der Waals surface area contributed by atoms with Crippen LogP contribution in [-0.4, -0.2) is 51.2 Å². The molecule has 25 heavy (non-hydrogen) atoms. The predicted molar refractivity (Wildman–Crippen MR) is 99.4 cm³/mol. The molecule has 140 valence electrons. The number of hydrogen-bond acceptors (Lipinski definition) is 4. The molecule has 0 N–H and O–H groups in total. The summed E-state index contributed by atoms with van der Waals surface area (Å²) < 4.78 is 31.3. The van der Waals surface area contributed by atoms with Gasteiger partial charge in [-0.25, -0.2) is 8.42 Å². The molecule has 0 spiro atoms. The van der Waals surface area contributed by atoms with Crippen LogP contribution in [0.25, 0.3) is 0 Å². The minimum Gasteiger partial charge on any atom is -0.494 e. The van der Waals surface area contributed by atoms with E-state index in [0.29, 0.717) is 37.1 Å². The highest BCUT2D eigenvalue weighted by molar-refractivity contribution is 7.92. The van der Waals surface area contributed by atoms with Crippen molar-refractivity contribution in [3.63, 3.8) is 0 Å². The SMILES string of the molecule is CCOc1ccc(N(C(C)C(=O)N2CCCC(C)C2)S(C)(=O)=O)cc1. The monoisotopic (exact) mass is 368 g/mol. The Balaban J connectivity index is 2.26. The van der Waals surface area contributed by atoms with Crippen LogP contribution in [0.5, 0.6) is 5.75 Å². The van der Waals surface area contributed by atoms with Gasteiger partial charge >= 0.3 is 0 Å². The first-order valence-electron chi connectivity index (χ1n) is 8.75. The van der Waals surface area contributed by atoms with Gasteiger partial charge < -0.3 is 9.64 Å². The van der Waals surface area contributed by atoms with Gasteiger partial charge in [0.05, 0.1) is 18.6 Å². The molecule has 1 fully saturated rings. The Morgan fingerprint density at radius 3 is 2.52 bits per heavy atom. The van der Waals surface area contributed by atoms with E-state index < -0.39 is 16.1 Å². The van der Waals surface area contributed by atoms with E-state index in [0.717, 1.165) is 19.1 Å². The van der Waals surface area contributed by atoms with Crippen molar-refractivity contribution in [1.82, 2.24) is 4.90 Å². The van der Waals surface area contributed by atoms with Crippen molar-refractivity contribution >= 4 is 21.6 Å². The highest BCUT2D eigenvalue weighted by Gasteiger charge is 2.33. The summed E-state index contributed by atoms with van der Waals surface area (Å²) >= 11 is 0. The lowest BCUT2D eigenvalue weighted by Crippen LogP contribution is -2.51. The molecule has 1 amide bonds. The Hall–Kier alpha value is -1.76. The molecule has 1 aromatic rings. The van der Waals surface area contributed by atoms with Gasteiger partial charge in [-0.15, -0.1) is 0 Å². The second kappa shape index (κ2) is 8.08. The Bertz CT molecular complexity index is 688. The van der Waals surface area contributed by atoms with Gasteiger partial charge in [-0.1, -0.05) is 6.92 Å². The number of carbonyl (C=O) groups is 1. The number of piperidine rings is 1. The zero-order valence-corrected chi connectivity index (χ0v) is 16.3. The van der Waals surface area contributed by atoms with Crippen molar-refractivity contribution in [2.24, 2.45) is 5.92 Å². The lowest BCUT2D eigenvalue weighted by molar-refractivity contribution is -0.133. The third kappa shape index (κ3) is 4.87. The fourth-order valence-corrected chi connectivity index (χ4v) is 4.48. The van der Waals surface area contributed by atoms with Gasteiger partial charge in [0.25, 0.3) is 0 Å². The number of ether oxygens (including phenoxy) is 1. The molecule has 1 aromatic carbocycles. The quantitative estimate of drug-likeness (QED) is 0.774. The van der Waals surface area contributed by atoms with Crippen molar-refractivity contribution < 1.29 is 17.9 Å². The lowest BCUT2D eigenvalue weighted by Gasteiger charge is -2.36. The molecule has 2 unspecified atom stereocenters. The number of anilines is 1. The van der Waals surface area contributed by atoms with Gasteiger partial charge in [0.15, 0.2) is 0 Å². The Morgan fingerprint density at radius 2 is 2.00 bits per heavy atom. The standard InChI is InChI=1S/C18H28N2O4S/c1-5-24-17-10-8-16(9-11-17)20(25(4,22)23)15(3)18(21)19-12-6-7-14(2)13-19/h8-11,14-15H,5-7,12-13H2,1-4H3. The fraction of sp³-hybridized carbons (Fsp3) is 0.611. The number of rotatable bonds is 6. The highest BCUT2D eigenvalue weighted by Crippen LogP contribution is 2.25. The van der Waals surface area contributed by atoms with E-state index in [9.17, 15) is 13.2 Å². The Labute approximate surface area is 150 Å². The van der Waals surface area contributed by atoms with Crippen molar-refractivity contribution in [2.45, 2.75) is 39.7 Å². The van der Waals surface area contributed by atoms with Crippen molar-refractivity contribution in [2.75, 3.05) is 30.3 Å². The molecular formula is C18H28N2O4S. The molecule has 2 atom stereocenters. The van der Waals surface area contributed by atoms with E-state index in [-0.39, 0.29) is 5.91 Å². The summed E-state index contributed by atoms with van der Waals surface area (Å²) in [5.41, 5.74) is 0.469. The molecule has 0 radical (unpaired) electrons. The van der Waals surface area contributed by atoms with Gasteiger partial charge in [0.2, 0.25) is 15.9 Å². The molecule has 6 nitrogen and oxygen atoms in total. The number of amides is 1. The summed E-state index contributed by atoms with van der Waals surface area (Å²) in [5, 5.41) is 0. The molecule has 1 saturated heterocycles. The van der Waals surface area contributed by atoms with Crippen molar-refractivity contribution in [3.05, 3.63) is 24.3 Å². The van der Waals surface area contributed by atoms with Gasteiger partial charge in [0.1, 0.15) is 11.8 Å². The maximum absolute atomic E-state index is 12.9. The maximum Gasteiger partial charge on any atom is 0.246 e. The first-order chi connectivity index (χ1) is 11.7. The van der Waals surface area contributed by atoms with Crippen LogP contribution < -0.4 is 9.04 Å². The molecule has 1 aliphatic rings. The van der Waals surface area contributed by atoms with Crippen molar-refractivity contribution in [1.29, 1.82) is 0 Å². The summed E-state index contributed by atoms with van der Waals surface area (Å²) in [4.78, 5) is 14.7. The van der Waals surface area contributed by atoms with Crippen molar-refractivity contribution in [3.8, 4) is 5.75 Å². The molecule has 1 heterocycles. The van der Waals surface area contributed by atoms with Gasteiger partial charge in [-0.05, 0) is 56.9 Å². The lowest BCUT2D eigenvalue weighted by atomic mass is 10.00. The predicted octanol–water partition coefficient (Wildman–Crippen LogP) is 2.50. The molecule has 0 aliphatic carbocycles. The van der Waals surface area contributed by atoms with Crippen LogP contribution in [0.3, 0.4) is 0 Å². The molecular weight excluding hydrogens is 340 g/mol. The number of hydrogen-bond donors (Lipinski definition) is 0. The average molecular weight is 368 g/mol. The fourth-order valence-electron chi connectivity index (χ4n) is 3.31. The third-order valence-corrected chi connectivity index (χ3v) is 5.68. The molecule has 2 rings (SSSR count). The van der Waals surface area contributed by atoms with Gasteiger partial charge in [-0.2, -0.15) is 0 Å². The second-order valence-electron chi connectivity index (χ2n) is 6.69. The van der Waals surface area contributed by atoms with E-state index in [1.807, 2.05) is 6.92 Å². The molecule has 7 heteroatoms. The van der Waals surface area contributed by atoms with Crippen LogP contribution in [0.4, 0.5) is 5.69 Å². The topological polar surface area (TPSA) is 66.9 Å². The second-order valence-corrected chi connectivity index (χ2v) is 8.55. The summed E-state index contributed by atoms with van der Waals surface area (Å²) in [5.74, 6) is 0.969. The highest BCUT2D eigenvalue weighted by atomic mass is 32.2. The smallest absolute Gasteiger partial charge is 0.246 e. The minimum absolute atomic E-state index is 0.147. The van der Waals surface area contributed by atoms with Crippen LogP contribution >= 0.6 is 0 Å². The average Bonchev–Trinajstić information content (AvgIpc) is 2.55. The minimum atomic E-state index is -3.59. The molecule has 1 aliphatic heterocycles. The van der Waals surface area contributed by atoms with Gasteiger partial charge in [0, 0.05) is 13.1 Å². The maximum atomic E-state index is 12.9. The summed E-state index contributed by atoms with van der Waals surface area (Å²) in [7, 11) is -3.59. The van der Waals surface area contributed by atoms with Crippen LogP contribution in [-0.2, 0) is 14.8 Å². The normalized spacial score (nSPS) is 19.4. The number of nitrogens with zero attached hydrogens (tertiary/aromatic N) is 2. The van der Waals surface area contributed by atoms with Crippen LogP contribution in [0.2, 0.25) is 0 Å². The number of sulfonamides is 1. The summed E-state index contributed by atoms with van der Waals surface area (Å²) in [6.45, 7) is 7.57. The first kappa shape index (κ1) is 19.6. The van der Waals surface area contributed by atoms with Crippen LogP contribution in [0.15, 0.2) is 24.3 Å². The van der Waals surface area contributed by atoms with E-state index in [1.165, 1.54) is 4.31 Å². The van der Waals surface area contributed by atoms with E-state index in [4.69, 9.17) is 4.74 Å². The molecule has 0 aromatic heterocycles. The largest absolute Gasteiger partial charge is 0.494 e. The first-order valence-corrected chi connectivity index (χ1v) is 10.6. The Kier molecular flexibility index (Phi) is 6.32. The zero-order chi connectivity index (χ0) is 18.6. The number of likely N-dealkylation sites (tertiary alicyclic amines) is 1. The summed E-state index contributed by atoms with van der Waals surface area (Å²) in [6.07, 6.45) is 3.19. The van der Waals surface area contributed by atoms with Crippen LogP contribution in [0.1, 0.15) is 33.6 Å². The van der Waals surface area contributed by atoms with E-state index in [1.54, 1.807) is 36.1 Å². The van der Waals surface area contributed by atoms with Gasteiger partial charge in [-0.3, -0.25) is 9.10 Å². The summed E-state index contributed by atoms with van der Waals surface area (Å²) in [6, 6.07) is 6.01. The molecule has 0 saturated carbocycles. The number of benzene rings is 1. The zero-order valence-electron chi connectivity index (χ0n) is 15.4. The van der Waals surface area contributed by atoms with E-state index >= 15 is 0 Å².